The predicted octanol–water partition coefficient (Wildman–Crippen LogP) is 27.6. The maximum atomic E-state index is 5.02. The summed E-state index contributed by atoms with van der Waals surface area (Å²) >= 11 is 0. The van der Waals surface area contributed by atoms with Crippen LogP contribution in [-0.2, 0) is 16.2 Å². The van der Waals surface area contributed by atoms with Gasteiger partial charge in [-0.15, -0.1) is 0 Å². The van der Waals surface area contributed by atoms with Gasteiger partial charge < -0.3 is 0 Å². The van der Waals surface area contributed by atoms with Gasteiger partial charge in [0.2, 0.25) is 0 Å². The van der Waals surface area contributed by atoms with E-state index in [4.69, 9.17) is 34.9 Å². The van der Waals surface area contributed by atoms with Crippen LogP contribution in [-0.4, -0.2) is 59.8 Å². The minimum absolute atomic E-state index is 0.0354. The van der Waals surface area contributed by atoms with E-state index in [1.807, 2.05) is 129 Å². The Hall–Kier alpha value is -15.7. The second-order valence-corrected chi connectivity index (χ2v) is 34.2. The lowest BCUT2D eigenvalue weighted by atomic mass is 9.82. The smallest absolute Gasteiger partial charge is 0.164 e. The molecular formula is C115H92N12. The fourth-order valence-corrected chi connectivity index (χ4v) is 17.6. The number of fused-ring (bicyclic) bond motifs is 9. The summed E-state index contributed by atoms with van der Waals surface area (Å²) in [6.45, 7) is 21.8. The molecule has 0 aliphatic heterocycles. The molecule has 3 aliphatic rings. The molecule has 0 unspecified atom stereocenters. The Balaban J connectivity index is 0.000000112. The Kier molecular flexibility index (Phi) is 21.8. The average Bonchev–Trinajstić information content (AvgIpc) is 1.59. The molecule has 0 amide bonds. The van der Waals surface area contributed by atoms with Crippen LogP contribution < -0.4 is 0 Å². The van der Waals surface area contributed by atoms with Crippen LogP contribution in [0.2, 0.25) is 0 Å². The first-order valence-corrected chi connectivity index (χ1v) is 43.2. The number of aryl methyl sites for hydroxylation is 4. The third-order valence-electron chi connectivity index (χ3n) is 24.5. The van der Waals surface area contributed by atoms with Crippen molar-refractivity contribution >= 4 is 0 Å². The third-order valence-corrected chi connectivity index (χ3v) is 24.5. The predicted molar refractivity (Wildman–Crippen MR) is 516 cm³/mol. The van der Waals surface area contributed by atoms with Crippen LogP contribution in [0.3, 0.4) is 0 Å². The first-order valence-electron chi connectivity index (χ1n) is 43.2. The standard InChI is InChI=1S/C37H29N3.C31H25N3.C25H21N3.C22H17N3/c1-24-13-15-27(16-14-24)34-38-35(28-19-17-26(18-20-28)25-9-5-4-6-10-25)40-36(39-34)29-21-22-31-30-11-7-8-12-32(30)37(2,3)33(31)23-29;1-20-13-15-22(16-14-20)29-32-28(21-9-5-4-6-10-21)33-30(34-29)23-17-18-25-24-11-7-8-12-26(24)31(2,3)27(25)19-23;1-16-26-23(17-9-5-4-6-10-17)28-24(27-16)18-13-14-20-19-11-7-8-12-21(19)25(2,3)22(20)15-18;1-16-23-21(19-10-6-3-7-11-19)25-22(24-16)20-14-12-18(13-15-20)17-8-4-2-5-9-17/h4-23H,1-3H3;4-19H,1-3H3;4-15H,1-3H3;2-15H,1H3. The molecule has 612 valence electrons. The van der Waals surface area contributed by atoms with Crippen molar-refractivity contribution in [1.82, 2.24) is 59.8 Å². The molecule has 0 spiro atoms. The molecule has 3 aliphatic carbocycles. The quantitative estimate of drug-likeness (QED) is 0.114. The van der Waals surface area contributed by atoms with Crippen molar-refractivity contribution in [3.63, 3.8) is 0 Å². The van der Waals surface area contributed by atoms with Crippen LogP contribution in [0.4, 0.5) is 0 Å². The molecule has 15 aromatic carbocycles. The number of aromatic nitrogens is 12. The minimum Gasteiger partial charge on any atom is -0.213 e. The molecule has 0 N–H and O–H groups in total. The average molecular weight is 1640 g/mol. The van der Waals surface area contributed by atoms with Gasteiger partial charge in [0.15, 0.2) is 58.2 Å². The topological polar surface area (TPSA) is 155 Å². The zero-order chi connectivity index (χ0) is 86.9. The summed E-state index contributed by atoms with van der Waals surface area (Å²) in [7, 11) is 0. The molecule has 19 aromatic rings. The summed E-state index contributed by atoms with van der Waals surface area (Å²) < 4.78 is 0. The van der Waals surface area contributed by atoms with Crippen LogP contribution in [0.5, 0.6) is 0 Å². The lowest BCUT2D eigenvalue weighted by Gasteiger charge is -2.21. The van der Waals surface area contributed by atoms with E-state index < -0.39 is 0 Å². The van der Waals surface area contributed by atoms with E-state index >= 15 is 0 Å². The highest BCUT2D eigenvalue weighted by Gasteiger charge is 2.39. The van der Waals surface area contributed by atoms with Gasteiger partial charge in [-0.05, 0) is 135 Å². The van der Waals surface area contributed by atoms with Crippen molar-refractivity contribution in [2.75, 3.05) is 0 Å². The lowest BCUT2D eigenvalue weighted by molar-refractivity contribution is 0.660. The van der Waals surface area contributed by atoms with Crippen molar-refractivity contribution < 1.29 is 0 Å². The fraction of sp³-hybridized carbons (Fsp3) is 0.113. The van der Waals surface area contributed by atoms with E-state index in [0.717, 1.165) is 78.7 Å². The Labute approximate surface area is 742 Å². The molecule has 22 rings (SSSR count). The van der Waals surface area contributed by atoms with Gasteiger partial charge in [0, 0.05) is 71.9 Å². The Bertz CT molecular complexity index is 7270. The minimum atomic E-state index is -0.0924. The van der Waals surface area contributed by atoms with Crippen LogP contribution in [0.15, 0.2) is 376 Å². The van der Waals surface area contributed by atoms with Crippen molar-refractivity contribution in [2.24, 2.45) is 0 Å². The van der Waals surface area contributed by atoms with Gasteiger partial charge in [0.05, 0.1) is 0 Å². The third kappa shape index (κ3) is 16.5. The summed E-state index contributed by atoms with van der Waals surface area (Å²) in [5.41, 5.74) is 32.7. The zero-order valence-corrected chi connectivity index (χ0v) is 72.7. The maximum Gasteiger partial charge on any atom is 0.164 e. The van der Waals surface area contributed by atoms with Gasteiger partial charge in [0.25, 0.3) is 0 Å². The van der Waals surface area contributed by atoms with Crippen LogP contribution in [0.25, 0.3) is 170 Å². The largest absolute Gasteiger partial charge is 0.213 e. The highest BCUT2D eigenvalue weighted by molar-refractivity contribution is 5.87. The molecule has 0 atom stereocenters. The number of benzene rings is 15. The number of rotatable bonds is 12. The summed E-state index contributed by atoms with van der Waals surface area (Å²) in [6.07, 6.45) is 0. The van der Waals surface area contributed by atoms with Gasteiger partial charge in [-0.2, -0.15) is 0 Å². The van der Waals surface area contributed by atoms with Gasteiger partial charge in [-0.1, -0.05) is 411 Å². The molecular weight excluding hydrogens is 1550 g/mol. The van der Waals surface area contributed by atoms with Crippen LogP contribution >= 0.6 is 0 Å². The summed E-state index contributed by atoms with van der Waals surface area (Å²) in [5, 5.41) is 0. The van der Waals surface area contributed by atoms with E-state index in [2.05, 4.69) is 341 Å². The lowest BCUT2D eigenvalue weighted by Crippen LogP contribution is -2.15. The van der Waals surface area contributed by atoms with Crippen LogP contribution in [0, 0.1) is 27.7 Å². The molecule has 4 aromatic heterocycles. The molecule has 0 saturated heterocycles. The number of hydrogen-bond acceptors (Lipinski definition) is 12. The highest BCUT2D eigenvalue weighted by Crippen LogP contribution is 2.53. The van der Waals surface area contributed by atoms with Gasteiger partial charge in [-0.25, -0.2) is 59.8 Å². The Morgan fingerprint density at radius 2 is 0.307 bits per heavy atom. The summed E-state index contributed by atoms with van der Waals surface area (Å²) in [5.74, 6) is 8.38. The van der Waals surface area contributed by atoms with Crippen molar-refractivity contribution in [1.29, 1.82) is 0 Å². The van der Waals surface area contributed by atoms with Gasteiger partial charge in [-0.3, -0.25) is 0 Å². The molecule has 0 fully saturated rings. The maximum absolute atomic E-state index is 5.02. The van der Waals surface area contributed by atoms with Crippen molar-refractivity contribution in [3.8, 4) is 170 Å². The molecule has 12 nitrogen and oxygen atoms in total. The molecule has 0 bridgehead atoms. The van der Waals surface area contributed by atoms with Gasteiger partial charge >= 0.3 is 0 Å². The monoisotopic (exact) mass is 1640 g/mol. The summed E-state index contributed by atoms with van der Waals surface area (Å²) in [6, 6.07) is 130. The van der Waals surface area contributed by atoms with E-state index in [1.54, 1.807) is 0 Å². The molecule has 4 heterocycles. The van der Waals surface area contributed by atoms with Crippen LogP contribution in [0.1, 0.15) is 97.7 Å². The number of hydrogen-bond donors (Lipinski definition) is 0. The second-order valence-electron chi connectivity index (χ2n) is 34.2. The normalized spacial score (nSPS) is 12.8. The Morgan fingerprint density at radius 3 is 0.567 bits per heavy atom. The highest BCUT2D eigenvalue weighted by atomic mass is 15.1. The molecule has 12 heteroatoms. The molecule has 0 saturated carbocycles. The van der Waals surface area contributed by atoms with Crippen molar-refractivity contribution in [2.45, 2.75) is 85.5 Å². The van der Waals surface area contributed by atoms with Crippen molar-refractivity contribution in [3.05, 3.63) is 432 Å². The zero-order valence-electron chi connectivity index (χ0n) is 72.7. The first-order chi connectivity index (χ1) is 61.8. The summed E-state index contributed by atoms with van der Waals surface area (Å²) in [4.78, 5) is 57.2. The van der Waals surface area contributed by atoms with E-state index in [9.17, 15) is 0 Å². The molecule has 127 heavy (non-hydrogen) atoms. The van der Waals surface area contributed by atoms with E-state index in [0.29, 0.717) is 52.4 Å². The van der Waals surface area contributed by atoms with E-state index in [-0.39, 0.29) is 16.2 Å². The van der Waals surface area contributed by atoms with Gasteiger partial charge in [0.1, 0.15) is 11.6 Å². The second kappa shape index (κ2) is 34.2. The fourth-order valence-electron chi connectivity index (χ4n) is 17.6. The first kappa shape index (κ1) is 81.0. The SMILES string of the molecule is Cc1ccc(-c2nc(-c3ccc(-c4ccccc4)cc3)nc(-c3ccc4c(c3)C(C)(C)c3ccccc3-4)n2)cc1.Cc1ccc(-c2nc(-c3ccccc3)nc(-c3ccc4c(c3)C(C)(C)c3ccccc3-4)n2)cc1.Cc1nc(-c2ccccc2)nc(-c2ccc(-c3ccccc3)cc2)n1.Cc1nc(-c2ccccc2)nc(-c2ccc3c(c2)C(C)(C)c2ccccc2-3)n1. The molecule has 0 radical (unpaired) electrons. The Morgan fingerprint density at radius 1 is 0.142 bits per heavy atom. The number of nitrogens with zero attached hydrogens (tertiary/aromatic N) is 12. The van der Waals surface area contributed by atoms with E-state index in [1.165, 1.54) is 94.6 Å².